The van der Waals surface area contributed by atoms with Gasteiger partial charge in [0.1, 0.15) is 0 Å². The minimum absolute atomic E-state index is 0.308. The first-order chi connectivity index (χ1) is 10.4. The van der Waals surface area contributed by atoms with Crippen LogP contribution in [0, 0.1) is 27.6 Å². The first-order valence-electron chi connectivity index (χ1n) is 9.58. The maximum atomic E-state index is 2.68. The van der Waals surface area contributed by atoms with E-state index in [9.17, 15) is 0 Å². The van der Waals surface area contributed by atoms with Crippen LogP contribution in [0.2, 0.25) is 0 Å². The van der Waals surface area contributed by atoms with Crippen LogP contribution in [0.4, 0.5) is 0 Å². The second-order valence-corrected chi connectivity index (χ2v) is 10.7. The molecule has 130 valence electrons. The molecule has 1 saturated heterocycles. The van der Waals surface area contributed by atoms with Crippen LogP contribution in [0.15, 0.2) is 23.4 Å². The van der Waals surface area contributed by atoms with Crippen molar-refractivity contribution < 1.29 is 0 Å². The average Bonchev–Trinajstić information content (AvgIpc) is 2.86. The summed E-state index contributed by atoms with van der Waals surface area (Å²) in [4.78, 5) is 2.62. The Morgan fingerprint density at radius 3 is 2.04 bits per heavy atom. The van der Waals surface area contributed by atoms with Gasteiger partial charge in [-0.15, -0.1) is 0 Å². The van der Waals surface area contributed by atoms with Gasteiger partial charge in [0.05, 0.1) is 0 Å². The predicted molar refractivity (Wildman–Crippen MR) is 100 cm³/mol. The van der Waals surface area contributed by atoms with Gasteiger partial charge in [-0.1, -0.05) is 60.1 Å². The van der Waals surface area contributed by atoms with Crippen LogP contribution in [0.5, 0.6) is 0 Å². The molecule has 0 bridgehead atoms. The van der Waals surface area contributed by atoms with Gasteiger partial charge in [0.25, 0.3) is 0 Å². The molecule has 0 aromatic rings. The number of hydrogen-bond acceptors (Lipinski definition) is 1. The minimum Gasteiger partial charge on any atom is -0.372 e. The highest BCUT2D eigenvalue weighted by Gasteiger charge is 2.68. The summed E-state index contributed by atoms with van der Waals surface area (Å²) in [6.07, 6.45) is 9.23. The van der Waals surface area contributed by atoms with Crippen molar-refractivity contribution in [1.29, 1.82) is 0 Å². The van der Waals surface area contributed by atoms with Crippen LogP contribution >= 0.6 is 0 Å². The molecule has 0 amide bonds. The highest BCUT2D eigenvalue weighted by molar-refractivity contribution is 5.41. The summed E-state index contributed by atoms with van der Waals surface area (Å²) in [6.45, 7) is 22.1. The summed E-state index contributed by atoms with van der Waals surface area (Å²) < 4.78 is 0. The van der Waals surface area contributed by atoms with Crippen LogP contribution in [0.3, 0.4) is 0 Å². The maximum Gasteiger partial charge on any atom is 0.0331 e. The summed E-state index contributed by atoms with van der Waals surface area (Å²) in [7, 11) is 0. The number of allylic oxidation sites excluding steroid dienone is 3. The van der Waals surface area contributed by atoms with E-state index in [1.807, 2.05) is 0 Å². The summed E-state index contributed by atoms with van der Waals surface area (Å²) in [5, 5.41) is 0. The molecule has 3 rings (SSSR count). The lowest BCUT2D eigenvalue weighted by Gasteiger charge is -2.71. The minimum atomic E-state index is 0.308. The number of likely N-dealkylation sites (tertiary alicyclic amines) is 1. The van der Waals surface area contributed by atoms with Gasteiger partial charge in [0.15, 0.2) is 0 Å². The van der Waals surface area contributed by atoms with Crippen LogP contribution in [-0.4, -0.2) is 18.0 Å². The molecule has 1 heterocycles. The van der Waals surface area contributed by atoms with Crippen molar-refractivity contribution in [3.8, 4) is 0 Å². The van der Waals surface area contributed by atoms with E-state index in [-0.39, 0.29) is 0 Å². The van der Waals surface area contributed by atoms with Crippen LogP contribution in [0.25, 0.3) is 0 Å². The zero-order valence-electron chi connectivity index (χ0n) is 16.7. The number of rotatable bonds is 1. The quantitative estimate of drug-likeness (QED) is 0.571. The van der Waals surface area contributed by atoms with Gasteiger partial charge >= 0.3 is 0 Å². The van der Waals surface area contributed by atoms with Gasteiger partial charge in [-0.25, -0.2) is 0 Å². The van der Waals surface area contributed by atoms with E-state index in [0.717, 1.165) is 0 Å². The third kappa shape index (κ3) is 2.25. The second-order valence-electron chi connectivity index (χ2n) is 10.7. The first kappa shape index (κ1) is 17.1. The SMILES string of the molecule is CC1=CC(N2CCCC2)=C[C@@]2(C(C)(C)C)C[C@](C)(C(C)(C)C)[C@@H]12. The van der Waals surface area contributed by atoms with E-state index in [2.05, 4.69) is 72.4 Å². The Kier molecular flexibility index (Phi) is 3.64. The van der Waals surface area contributed by atoms with E-state index in [4.69, 9.17) is 0 Å². The van der Waals surface area contributed by atoms with E-state index >= 15 is 0 Å². The highest BCUT2D eigenvalue weighted by Crippen LogP contribution is 2.75. The first-order valence-corrected chi connectivity index (χ1v) is 9.58. The van der Waals surface area contributed by atoms with Crippen molar-refractivity contribution in [1.82, 2.24) is 4.90 Å². The molecule has 1 heteroatoms. The largest absolute Gasteiger partial charge is 0.372 e. The maximum absolute atomic E-state index is 2.68. The lowest BCUT2D eigenvalue weighted by molar-refractivity contribution is -0.181. The molecule has 3 atom stereocenters. The van der Waals surface area contributed by atoms with E-state index < -0.39 is 0 Å². The van der Waals surface area contributed by atoms with Gasteiger partial charge in [-0.05, 0) is 54.4 Å². The Labute approximate surface area is 144 Å². The lowest BCUT2D eigenvalue weighted by atomic mass is 9.32. The summed E-state index contributed by atoms with van der Waals surface area (Å²) in [5.41, 5.74) is 4.51. The molecule has 0 unspecified atom stereocenters. The standard InChI is InChI=1S/C22H37N/c1-16-13-17(23-11-9-10-12-23)14-22(20(5,6)7)15-21(8,18(16)22)19(2,3)4/h13-14,18H,9-12,15H2,1-8H3/t18-,21+,22-/m1/s1. The van der Waals surface area contributed by atoms with Crippen LogP contribution in [0.1, 0.15) is 74.7 Å². The fourth-order valence-corrected chi connectivity index (χ4v) is 5.69. The molecular weight excluding hydrogens is 278 g/mol. The summed E-state index contributed by atoms with van der Waals surface area (Å²) >= 11 is 0. The Morgan fingerprint density at radius 2 is 1.57 bits per heavy atom. The van der Waals surface area contributed by atoms with Crippen LogP contribution < -0.4 is 0 Å². The van der Waals surface area contributed by atoms with Crippen molar-refractivity contribution in [2.45, 2.75) is 74.7 Å². The van der Waals surface area contributed by atoms with Crippen molar-refractivity contribution in [2.75, 3.05) is 13.1 Å². The van der Waals surface area contributed by atoms with Crippen molar-refractivity contribution in [3.05, 3.63) is 23.4 Å². The Morgan fingerprint density at radius 1 is 1.00 bits per heavy atom. The zero-order valence-corrected chi connectivity index (χ0v) is 16.7. The van der Waals surface area contributed by atoms with Crippen molar-refractivity contribution in [3.63, 3.8) is 0 Å². The third-order valence-electron chi connectivity index (χ3n) is 7.63. The van der Waals surface area contributed by atoms with Gasteiger partial charge in [0, 0.05) is 24.2 Å². The van der Waals surface area contributed by atoms with Crippen molar-refractivity contribution >= 4 is 0 Å². The topological polar surface area (TPSA) is 3.24 Å². The molecule has 3 aliphatic rings. The molecule has 0 aromatic heterocycles. The van der Waals surface area contributed by atoms with Gasteiger partial charge in [-0.3, -0.25) is 0 Å². The van der Waals surface area contributed by atoms with E-state index in [1.54, 1.807) is 5.57 Å². The number of fused-ring (bicyclic) bond motifs is 1. The molecule has 0 N–H and O–H groups in total. The molecule has 1 aliphatic heterocycles. The van der Waals surface area contributed by atoms with Gasteiger partial charge < -0.3 is 4.90 Å². The molecule has 2 fully saturated rings. The fraction of sp³-hybridized carbons (Fsp3) is 0.818. The average molecular weight is 316 g/mol. The normalized spacial score (nSPS) is 37.9. The highest BCUT2D eigenvalue weighted by atomic mass is 15.1. The van der Waals surface area contributed by atoms with Crippen molar-refractivity contribution in [2.24, 2.45) is 27.6 Å². The molecule has 1 nitrogen and oxygen atoms in total. The molecular formula is C22H37N. The van der Waals surface area contributed by atoms with Gasteiger partial charge in [0.2, 0.25) is 0 Å². The third-order valence-corrected chi connectivity index (χ3v) is 7.63. The summed E-state index contributed by atoms with van der Waals surface area (Å²) in [6, 6.07) is 0. The van der Waals surface area contributed by atoms with Crippen LogP contribution in [-0.2, 0) is 0 Å². The molecule has 0 aromatic carbocycles. The zero-order chi connectivity index (χ0) is 17.3. The Balaban J connectivity index is 2.06. The molecule has 0 spiro atoms. The van der Waals surface area contributed by atoms with Gasteiger partial charge in [-0.2, -0.15) is 0 Å². The molecule has 23 heavy (non-hydrogen) atoms. The molecule has 1 saturated carbocycles. The fourth-order valence-electron chi connectivity index (χ4n) is 5.69. The predicted octanol–water partition coefficient (Wildman–Crippen LogP) is 6.03. The Hall–Kier alpha value is -0.720. The second kappa shape index (κ2) is 4.90. The Bertz CT molecular complexity index is 548. The molecule has 2 aliphatic carbocycles. The lowest BCUT2D eigenvalue weighted by Crippen LogP contribution is -2.65. The smallest absolute Gasteiger partial charge is 0.0331 e. The number of nitrogens with zero attached hydrogens (tertiary/aromatic N) is 1. The summed E-state index contributed by atoms with van der Waals surface area (Å²) in [5.74, 6) is 0.682. The monoisotopic (exact) mass is 315 g/mol. The number of hydrogen-bond donors (Lipinski definition) is 0. The van der Waals surface area contributed by atoms with E-state index in [1.165, 1.54) is 38.0 Å². The molecule has 0 radical (unpaired) electrons. The van der Waals surface area contributed by atoms with E-state index in [0.29, 0.717) is 27.6 Å².